The van der Waals surface area contributed by atoms with E-state index in [0.29, 0.717) is 22.5 Å². The number of imide groups is 1. The summed E-state index contributed by atoms with van der Waals surface area (Å²) >= 11 is 2.18. The summed E-state index contributed by atoms with van der Waals surface area (Å²) in [4.78, 5) is 38.0. The molecule has 25 heavy (non-hydrogen) atoms. The number of anilines is 2. The maximum Gasteiger partial charge on any atom is 0.323 e. The predicted molar refractivity (Wildman–Crippen MR) is 104 cm³/mol. The molecule has 6 nitrogen and oxygen atoms in total. The monoisotopic (exact) mass is 449 g/mol. The molecule has 2 aromatic rings. The number of carbonyl (C=O) groups is 3. The van der Waals surface area contributed by atoms with Crippen molar-refractivity contribution >= 4 is 51.8 Å². The van der Waals surface area contributed by atoms with Crippen molar-refractivity contribution in [1.29, 1.82) is 0 Å². The molecule has 0 spiro atoms. The van der Waals surface area contributed by atoms with Crippen molar-refractivity contribution in [2.75, 3.05) is 10.6 Å². The van der Waals surface area contributed by atoms with Crippen molar-refractivity contribution in [3.05, 3.63) is 57.2 Å². The van der Waals surface area contributed by atoms with Gasteiger partial charge in [0.15, 0.2) is 0 Å². The van der Waals surface area contributed by atoms with Gasteiger partial charge in [0.25, 0.3) is 11.8 Å². The van der Waals surface area contributed by atoms with Gasteiger partial charge in [-0.25, -0.2) is 4.79 Å². The number of nitrogens with one attached hydrogen (secondary N) is 2. The van der Waals surface area contributed by atoms with Crippen molar-refractivity contribution in [2.24, 2.45) is 0 Å². The molecule has 0 unspecified atom stereocenters. The lowest BCUT2D eigenvalue weighted by atomic mass is 10.1. The largest absolute Gasteiger partial charge is 0.323 e. The van der Waals surface area contributed by atoms with E-state index in [1.165, 1.54) is 11.0 Å². The molecule has 0 aromatic heterocycles. The number of halogens is 1. The first-order valence-corrected chi connectivity index (χ1v) is 8.80. The molecule has 1 aliphatic rings. The van der Waals surface area contributed by atoms with Gasteiger partial charge in [-0.05, 0) is 78.9 Å². The second-order valence-electron chi connectivity index (χ2n) is 5.92. The number of nitrogens with zero attached hydrogens (tertiary/aromatic N) is 1. The average molecular weight is 449 g/mol. The Morgan fingerprint density at radius 3 is 2.12 bits per heavy atom. The number of hydrogen-bond donors (Lipinski definition) is 2. The zero-order valence-electron chi connectivity index (χ0n) is 13.7. The van der Waals surface area contributed by atoms with E-state index in [-0.39, 0.29) is 17.9 Å². The first-order chi connectivity index (χ1) is 11.9. The third kappa shape index (κ3) is 3.51. The molecule has 0 atom stereocenters. The Morgan fingerprint density at radius 1 is 0.920 bits per heavy atom. The smallest absolute Gasteiger partial charge is 0.308 e. The molecule has 1 heterocycles. The molecule has 0 radical (unpaired) electrons. The highest BCUT2D eigenvalue weighted by atomic mass is 127. The van der Waals surface area contributed by atoms with E-state index in [4.69, 9.17) is 0 Å². The van der Waals surface area contributed by atoms with Gasteiger partial charge < -0.3 is 10.6 Å². The molecule has 2 N–H and O–H groups in total. The molecule has 4 amide bonds. The second kappa shape index (κ2) is 6.83. The number of fused-ring (bicyclic) bond motifs is 1. The zero-order chi connectivity index (χ0) is 18.1. The maximum absolute atomic E-state index is 12.4. The molecule has 128 valence electrons. The fourth-order valence-electron chi connectivity index (χ4n) is 2.63. The van der Waals surface area contributed by atoms with E-state index < -0.39 is 6.03 Å². The first kappa shape index (κ1) is 17.4. The summed E-state index contributed by atoms with van der Waals surface area (Å²) in [6.07, 6.45) is 0. The van der Waals surface area contributed by atoms with Gasteiger partial charge in [0.1, 0.15) is 0 Å². The average Bonchev–Trinajstić information content (AvgIpc) is 2.80. The Kier molecular flexibility index (Phi) is 4.76. The number of urea groups is 1. The van der Waals surface area contributed by atoms with Crippen LogP contribution in [0.15, 0.2) is 42.5 Å². The van der Waals surface area contributed by atoms with Crippen LogP contribution in [-0.2, 0) is 0 Å². The minimum atomic E-state index is -0.418. The van der Waals surface area contributed by atoms with Crippen LogP contribution in [0.25, 0.3) is 0 Å². The summed E-state index contributed by atoms with van der Waals surface area (Å²) in [5.74, 6) is -0.637. The molecule has 3 rings (SSSR count). The van der Waals surface area contributed by atoms with Crippen LogP contribution in [0.5, 0.6) is 0 Å². The number of rotatable bonds is 3. The van der Waals surface area contributed by atoms with Crippen LogP contribution in [-0.4, -0.2) is 28.8 Å². The Balaban J connectivity index is 1.75. The Labute approximate surface area is 158 Å². The minimum Gasteiger partial charge on any atom is -0.308 e. The van der Waals surface area contributed by atoms with Gasteiger partial charge in [-0.3, -0.25) is 14.5 Å². The van der Waals surface area contributed by atoms with E-state index in [2.05, 4.69) is 33.2 Å². The van der Waals surface area contributed by atoms with E-state index >= 15 is 0 Å². The topological polar surface area (TPSA) is 78.5 Å². The van der Waals surface area contributed by atoms with E-state index in [0.717, 1.165) is 3.57 Å². The Hall–Kier alpha value is -2.42. The molecule has 0 saturated carbocycles. The van der Waals surface area contributed by atoms with Crippen molar-refractivity contribution in [3.63, 3.8) is 0 Å². The third-order valence-corrected chi connectivity index (χ3v) is 4.51. The van der Waals surface area contributed by atoms with Gasteiger partial charge in [0.05, 0.1) is 11.1 Å². The van der Waals surface area contributed by atoms with Gasteiger partial charge in [-0.15, -0.1) is 0 Å². The highest BCUT2D eigenvalue weighted by molar-refractivity contribution is 14.1. The van der Waals surface area contributed by atoms with Crippen LogP contribution < -0.4 is 10.6 Å². The molecule has 0 bridgehead atoms. The van der Waals surface area contributed by atoms with E-state index in [1.54, 1.807) is 38.1 Å². The second-order valence-corrected chi connectivity index (χ2v) is 7.17. The van der Waals surface area contributed by atoms with Crippen molar-refractivity contribution in [3.8, 4) is 0 Å². The van der Waals surface area contributed by atoms with Gasteiger partial charge in [-0.1, -0.05) is 0 Å². The molecule has 0 aliphatic carbocycles. The number of carbonyl (C=O) groups excluding carboxylic acids is 3. The highest BCUT2D eigenvalue weighted by Crippen LogP contribution is 2.27. The van der Waals surface area contributed by atoms with Crippen LogP contribution in [0, 0.1) is 3.57 Å². The normalized spacial score (nSPS) is 13.2. The van der Waals surface area contributed by atoms with Crippen molar-refractivity contribution < 1.29 is 14.4 Å². The summed E-state index contributed by atoms with van der Waals surface area (Å²) in [7, 11) is 0. The summed E-state index contributed by atoms with van der Waals surface area (Å²) in [5.41, 5.74) is 1.79. The molecular weight excluding hydrogens is 433 g/mol. The third-order valence-electron chi connectivity index (χ3n) is 3.79. The highest BCUT2D eigenvalue weighted by Gasteiger charge is 2.37. The van der Waals surface area contributed by atoms with Crippen LogP contribution in [0.2, 0.25) is 0 Å². The molecule has 1 aliphatic heterocycles. The van der Waals surface area contributed by atoms with Gasteiger partial charge in [-0.2, -0.15) is 0 Å². The SMILES string of the molecule is CC(C)N1C(=O)c2ccc(NC(=O)Nc3ccc(I)cc3)cc2C1=O. The molecule has 0 saturated heterocycles. The number of hydrogen-bond acceptors (Lipinski definition) is 3. The summed E-state index contributed by atoms with van der Waals surface area (Å²) in [6.45, 7) is 3.57. The van der Waals surface area contributed by atoms with Crippen molar-refractivity contribution in [2.45, 2.75) is 19.9 Å². The zero-order valence-corrected chi connectivity index (χ0v) is 15.8. The molecular formula is C18H16IN3O3. The summed E-state index contributed by atoms with van der Waals surface area (Å²) < 4.78 is 1.07. The fraction of sp³-hybridized carbons (Fsp3) is 0.167. The molecule has 2 aromatic carbocycles. The Morgan fingerprint density at radius 2 is 1.48 bits per heavy atom. The van der Waals surface area contributed by atoms with E-state index in [9.17, 15) is 14.4 Å². The lowest BCUT2D eigenvalue weighted by Gasteiger charge is -2.17. The van der Waals surface area contributed by atoms with Crippen LogP contribution >= 0.6 is 22.6 Å². The lowest BCUT2D eigenvalue weighted by molar-refractivity contribution is 0.0609. The van der Waals surface area contributed by atoms with Gasteiger partial charge in [0.2, 0.25) is 0 Å². The van der Waals surface area contributed by atoms with Crippen LogP contribution in [0.3, 0.4) is 0 Å². The standard InChI is InChI=1S/C18H16IN3O3/c1-10(2)22-16(23)14-8-7-13(9-15(14)17(22)24)21-18(25)20-12-5-3-11(19)4-6-12/h3-10H,1-2H3,(H2,20,21,25). The molecule has 0 fully saturated rings. The van der Waals surface area contributed by atoms with Crippen LogP contribution in [0.4, 0.5) is 16.2 Å². The maximum atomic E-state index is 12.4. The number of benzene rings is 2. The Bertz CT molecular complexity index is 862. The van der Waals surface area contributed by atoms with Gasteiger partial charge in [0, 0.05) is 21.0 Å². The molecule has 7 heteroatoms. The number of amides is 4. The first-order valence-electron chi connectivity index (χ1n) is 7.72. The van der Waals surface area contributed by atoms with E-state index in [1.807, 2.05) is 12.1 Å². The summed E-state index contributed by atoms with van der Waals surface area (Å²) in [5, 5.41) is 5.40. The minimum absolute atomic E-state index is 0.215. The van der Waals surface area contributed by atoms with Gasteiger partial charge >= 0.3 is 6.03 Å². The van der Waals surface area contributed by atoms with Crippen molar-refractivity contribution in [1.82, 2.24) is 4.90 Å². The predicted octanol–water partition coefficient (Wildman–Crippen LogP) is 3.94. The fourth-order valence-corrected chi connectivity index (χ4v) is 2.99. The quantitative estimate of drug-likeness (QED) is 0.551. The summed E-state index contributed by atoms with van der Waals surface area (Å²) in [6, 6.07) is 11.4. The van der Waals surface area contributed by atoms with Crippen LogP contribution in [0.1, 0.15) is 34.6 Å². The lowest BCUT2D eigenvalue weighted by Crippen LogP contribution is -2.35.